The number of rotatable bonds is 5. The van der Waals surface area contributed by atoms with E-state index >= 15 is 0 Å². The first-order valence-corrected chi connectivity index (χ1v) is 7.86. The van der Waals surface area contributed by atoms with Crippen molar-refractivity contribution < 1.29 is 5.11 Å². The van der Waals surface area contributed by atoms with E-state index in [0.29, 0.717) is 6.04 Å². The Morgan fingerprint density at radius 1 is 1.14 bits per heavy atom. The van der Waals surface area contributed by atoms with E-state index in [-0.39, 0.29) is 0 Å². The van der Waals surface area contributed by atoms with Gasteiger partial charge >= 0.3 is 0 Å². The van der Waals surface area contributed by atoms with Gasteiger partial charge in [-0.3, -0.25) is 4.90 Å². The SMILES string of the molecule is CNC(C)c1ccc(N2CCN(CC(C)(C)O)CC2)cc1. The Morgan fingerprint density at radius 2 is 1.71 bits per heavy atom. The lowest BCUT2D eigenvalue weighted by atomic mass is 10.1. The molecular weight excluding hydrogens is 262 g/mol. The van der Waals surface area contributed by atoms with Crippen molar-refractivity contribution >= 4 is 5.69 Å². The number of aliphatic hydroxyl groups is 1. The minimum Gasteiger partial charge on any atom is -0.389 e. The molecule has 1 aromatic rings. The number of piperazine rings is 1. The van der Waals surface area contributed by atoms with Crippen LogP contribution in [-0.2, 0) is 0 Å². The molecule has 1 fully saturated rings. The van der Waals surface area contributed by atoms with E-state index in [1.165, 1.54) is 11.3 Å². The predicted octanol–water partition coefficient (Wildman–Crippen LogP) is 1.86. The van der Waals surface area contributed by atoms with Crippen LogP contribution in [0.5, 0.6) is 0 Å². The van der Waals surface area contributed by atoms with E-state index in [4.69, 9.17) is 0 Å². The average Bonchev–Trinajstić information content (AvgIpc) is 2.46. The fourth-order valence-electron chi connectivity index (χ4n) is 2.85. The summed E-state index contributed by atoms with van der Waals surface area (Å²) in [6, 6.07) is 9.24. The predicted molar refractivity (Wildman–Crippen MR) is 88.9 cm³/mol. The standard InChI is InChI=1S/C17H29N3O/c1-14(18-4)15-5-7-16(8-6-15)20-11-9-19(10-12-20)13-17(2,3)21/h5-8,14,18,21H,9-13H2,1-4H3. The quantitative estimate of drug-likeness (QED) is 0.868. The van der Waals surface area contributed by atoms with Crippen LogP contribution in [0.1, 0.15) is 32.4 Å². The first kappa shape index (κ1) is 16.3. The van der Waals surface area contributed by atoms with Crippen LogP contribution < -0.4 is 10.2 Å². The summed E-state index contributed by atoms with van der Waals surface area (Å²) in [6.07, 6.45) is 0. The van der Waals surface area contributed by atoms with Crippen molar-refractivity contribution in [3.63, 3.8) is 0 Å². The zero-order valence-corrected chi connectivity index (χ0v) is 13.8. The largest absolute Gasteiger partial charge is 0.389 e. The molecule has 1 saturated heterocycles. The highest BCUT2D eigenvalue weighted by Crippen LogP contribution is 2.20. The van der Waals surface area contributed by atoms with Gasteiger partial charge in [0.25, 0.3) is 0 Å². The second-order valence-corrected chi connectivity index (χ2v) is 6.68. The molecule has 1 aromatic carbocycles. The molecule has 1 aliphatic heterocycles. The topological polar surface area (TPSA) is 38.7 Å². The van der Waals surface area contributed by atoms with Crippen molar-refractivity contribution in [2.75, 3.05) is 44.7 Å². The molecule has 2 N–H and O–H groups in total. The molecule has 21 heavy (non-hydrogen) atoms. The Balaban J connectivity index is 1.90. The van der Waals surface area contributed by atoms with Gasteiger partial charge in [-0.25, -0.2) is 0 Å². The van der Waals surface area contributed by atoms with Gasteiger partial charge in [0.05, 0.1) is 5.60 Å². The summed E-state index contributed by atoms with van der Waals surface area (Å²) in [5, 5.41) is 13.2. The Hall–Kier alpha value is -1.10. The van der Waals surface area contributed by atoms with Crippen LogP contribution in [0, 0.1) is 0 Å². The molecule has 2 rings (SSSR count). The molecule has 1 heterocycles. The lowest BCUT2D eigenvalue weighted by Crippen LogP contribution is -2.50. The van der Waals surface area contributed by atoms with Crippen molar-refractivity contribution in [3.8, 4) is 0 Å². The number of nitrogens with one attached hydrogen (secondary N) is 1. The second-order valence-electron chi connectivity index (χ2n) is 6.68. The van der Waals surface area contributed by atoms with Crippen molar-refractivity contribution in [2.24, 2.45) is 0 Å². The second kappa shape index (κ2) is 6.77. The first-order chi connectivity index (χ1) is 9.89. The minimum atomic E-state index is -0.604. The Labute approximate surface area is 128 Å². The molecule has 0 aliphatic carbocycles. The maximum absolute atomic E-state index is 9.90. The summed E-state index contributed by atoms with van der Waals surface area (Å²) in [6.45, 7) is 10.7. The van der Waals surface area contributed by atoms with E-state index in [2.05, 4.69) is 46.3 Å². The van der Waals surface area contributed by atoms with Crippen LogP contribution in [0.25, 0.3) is 0 Å². The highest BCUT2D eigenvalue weighted by Gasteiger charge is 2.22. The average molecular weight is 291 g/mol. The van der Waals surface area contributed by atoms with Crippen LogP contribution in [0.4, 0.5) is 5.69 Å². The summed E-state index contributed by atoms with van der Waals surface area (Å²) in [4.78, 5) is 4.77. The van der Waals surface area contributed by atoms with Crippen molar-refractivity contribution in [2.45, 2.75) is 32.4 Å². The Bertz CT molecular complexity index is 430. The first-order valence-electron chi connectivity index (χ1n) is 7.86. The van der Waals surface area contributed by atoms with Gasteiger partial charge in [0.15, 0.2) is 0 Å². The highest BCUT2D eigenvalue weighted by molar-refractivity contribution is 5.48. The van der Waals surface area contributed by atoms with Gasteiger partial charge in [-0.1, -0.05) is 12.1 Å². The lowest BCUT2D eigenvalue weighted by Gasteiger charge is -2.38. The number of β-amino-alcohol motifs (C(OH)–C–C–N with tert-alkyl or cyclic N) is 1. The van der Waals surface area contributed by atoms with E-state index in [9.17, 15) is 5.11 Å². The third-order valence-corrected chi connectivity index (χ3v) is 4.17. The molecule has 0 radical (unpaired) electrons. The molecule has 1 atom stereocenters. The molecular formula is C17H29N3O. The number of benzene rings is 1. The van der Waals surface area contributed by atoms with Crippen molar-refractivity contribution in [1.29, 1.82) is 0 Å². The van der Waals surface area contributed by atoms with Crippen LogP contribution >= 0.6 is 0 Å². The van der Waals surface area contributed by atoms with E-state index in [1.807, 2.05) is 20.9 Å². The lowest BCUT2D eigenvalue weighted by molar-refractivity contribution is 0.0345. The molecule has 4 nitrogen and oxygen atoms in total. The summed E-state index contributed by atoms with van der Waals surface area (Å²) in [5.41, 5.74) is 2.01. The third-order valence-electron chi connectivity index (χ3n) is 4.17. The van der Waals surface area contributed by atoms with Gasteiger partial charge in [-0.05, 0) is 45.5 Å². The van der Waals surface area contributed by atoms with Gasteiger partial charge in [-0.15, -0.1) is 0 Å². The van der Waals surface area contributed by atoms with Crippen LogP contribution in [-0.4, -0.2) is 55.4 Å². The van der Waals surface area contributed by atoms with Crippen LogP contribution in [0.3, 0.4) is 0 Å². The van der Waals surface area contributed by atoms with Crippen molar-refractivity contribution in [3.05, 3.63) is 29.8 Å². The Kier molecular flexibility index (Phi) is 5.25. The molecule has 118 valence electrons. The van der Waals surface area contributed by atoms with E-state index in [1.54, 1.807) is 0 Å². The van der Waals surface area contributed by atoms with Crippen LogP contribution in [0.2, 0.25) is 0 Å². The minimum absolute atomic E-state index is 0.391. The zero-order valence-electron chi connectivity index (χ0n) is 13.8. The molecule has 0 saturated carbocycles. The molecule has 0 amide bonds. The maximum atomic E-state index is 9.90. The van der Waals surface area contributed by atoms with Gasteiger partial charge in [0.1, 0.15) is 0 Å². The molecule has 1 aliphatic rings. The van der Waals surface area contributed by atoms with Gasteiger partial charge < -0.3 is 15.3 Å². The molecule has 1 unspecified atom stereocenters. The van der Waals surface area contributed by atoms with E-state index in [0.717, 1.165) is 32.7 Å². The molecule has 0 aromatic heterocycles. The third kappa shape index (κ3) is 4.70. The zero-order chi connectivity index (χ0) is 15.5. The van der Waals surface area contributed by atoms with Crippen LogP contribution in [0.15, 0.2) is 24.3 Å². The van der Waals surface area contributed by atoms with Gasteiger partial charge in [-0.2, -0.15) is 0 Å². The summed E-state index contributed by atoms with van der Waals surface area (Å²) in [5.74, 6) is 0. The monoisotopic (exact) mass is 291 g/mol. The fraction of sp³-hybridized carbons (Fsp3) is 0.647. The molecule has 0 spiro atoms. The molecule has 4 heteroatoms. The molecule has 0 bridgehead atoms. The van der Waals surface area contributed by atoms with Crippen molar-refractivity contribution in [1.82, 2.24) is 10.2 Å². The fourth-order valence-corrected chi connectivity index (χ4v) is 2.85. The van der Waals surface area contributed by atoms with Gasteiger partial charge in [0, 0.05) is 44.5 Å². The highest BCUT2D eigenvalue weighted by atomic mass is 16.3. The number of anilines is 1. The summed E-state index contributed by atoms with van der Waals surface area (Å²) >= 11 is 0. The summed E-state index contributed by atoms with van der Waals surface area (Å²) in [7, 11) is 1.99. The Morgan fingerprint density at radius 3 is 2.19 bits per heavy atom. The number of hydrogen-bond donors (Lipinski definition) is 2. The number of hydrogen-bond acceptors (Lipinski definition) is 4. The maximum Gasteiger partial charge on any atom is 0.0718 e. The van der Waals surface area contributed by atoms with Gasteiger partial charge in [0.2, 0.25) is 0 Å². The smallest absolute Gasteiger partial charge is 0.0718 e. The normalized spacial score (nSPS) is 18.8. The number of nitrogens with zero attached hydrogens (tertiary/aromatic N) is 2. The van der Waals surface area contributed by atoms with E-state index < -0.39 is 5.60 Å². The summed E-state index contributed by atoms with van der Waals surface area (Å²) < 4.78 is 0.